The molecule has 1 aromatic carbocycles. The molecule has 0 bridgehead atoms. The molecule has 0 aliphatic carbocycles. The summed E-state index contributed by atoms with van der Waals surface area (Å²) in [5.74, 6) is 0.749. The van der Waals surface area contributed by atoms with Crippen molar-refractivity contribution < 1.29 is 24.2 Å². The quantitative estimate of drug-likeness (QED) is 0.520. The average molecular weight is 240 g/mol. The molecule has 17 heavy (non-hydrogen) atoms. The minimum atomic E-state index is -1.85. The first-order valence-corrected chi connectivity index (χ1v) is 5.56. The molecule has 5 nitrogen and oxygen atoms in total. The highest BCUT2D eigenvalue weighted by Crippen LogP contribution is 2.26. The van der Waals surface area contributed by atoms with Gasteiger partial charge in [-0.2, -0.15) is 0 Å². The number of para-hydroxylation sites is 2. The first kappa shape index (κ1) is 13.8. The van der Waals surface area contributed by atoms with Crippen LogP contribution in [0.1, 0.15) is 13.3 Å². The van der Waals surface area contributed by atoms with E-state index in [0.717, 1.165) is 6.42 Å². The molecule has 0 radical (unpaired) electrons. The lowest BCUT2D eigenvalue weighted by molar-refractivity contribution is 0.0996. The Balaban J connectivity index is 2.40. The van der Waals surface area contributed by atoms with Crippen LogP contribution < -0.4 is 9.39 Å². The van der Waals surface area contributed by atoms with E-state index in [0.29, 0.717) is 25.6 Å². The van der Waals surface area contributed by atoms with Crippen LogP contribution in [0.2, 0.25) is 0 Å². The molecule has 0 aromatic heterocycles. The lowest BCUT2D eigenvalue weighted by Crippen LogP contribution is -2.21. The van der Waals surface area contributed by atoms with E-state index in [4.69, 9.17) is 24.2 Å². The molecular formula is C11H17BO5. The van der Waals surface area contributed by atoms with Crippen LogP contribution in [0, 0.1) is 0 Å². The SMILES string of the molecule is CCCOCCOc1ccccc1OB(O)O. The molecule has 0 amide bonds. The van der Waals surface area contributed by atoms with Crippen molar-refractivity contribution in [2.24, 2.45) is 0 Å². The number of hydrogen-bond acceptors (Lipinski definition) is 5. The van der Waals surface area contributed by atoms with Gasteiger partial charge in [0.15, 0.2) is 5.75 Å². The minimum absolute atomic E-state index is 0.290. The third kappa shape index (κ3) is 5.58. The molecule has 1 aromatic rings. The molecule has 94 valence electrons. The van der Waals surface area contributed by atoms with Gasteiger partial charge in [0.05, 0.1) is 6.61 Å². The first-order valence-electron chi connectivity index (χ1n) is 5.56. The van der Waals surface area contributed by atoms with Gasteiger partial charge in [-0.3, -0.25) is 0 Å². The normalized spacial score (nSPS) is 10.1. The van der Waals surface area contributed by atoms with Crippen molar-refractivity contribution in [3.05, 3.63) is 24.3 Å². The standard InChI is InChI=1S/C11H17BO5/c1-2-7-15-8-9-16-10-5-3-4-6-11(10)17-12(13)14/h3-6,13-14H,2,7-9H2,1H3. The van der Waals surface area contributed by atoms with Gasteiger partial charge in [-0.25, -0.2) is 0 Å². The van der Waals surface area contributed by atoms with E-state index in [1.165, 1.54) is 0 Å². The zero-order valence-corrected chi connectivity index (χ0v) is 9.83. The number of benzene rings is 1. The summed E-state index contributed by atoms with van der Waals surface area (Å²) in [5, 5.41) is 17.4. The summed E-state index contributed by atoms with van der Waals surface area (Å²) in [6, 6.07) is 6.79. The van der Waals surface area contributed by atoms with E-state index < -0.39 is 7.32 Å². The van der Waals surface area contributed by atoms with E-state index in [-0.39, 0.29) is 5.75 Å². The topological polar surface area (TPSA) is 68.2 Å². The summed E-state index contributed by atoms with van der Waals surface area (Å²) in [4.78, 5) is 0. The van der Waals surface area contributed by atoms with Crippen molar-refractivity contribution in [3.8, 4) is 11.5 Å². The summed E-state index contributed by atoms with van der Waals surface area (Å²) in [7, 11) is -1.85. The van der Waals surface area contributed by atoms with Gasteiger partial charge in [-0.05, 0) is 18.6 Å². The van der Waals surface area contributed by atoms with E-state index in [9.17, 15) is 0 Å². The maximum atomic E-state index is 8.72. The zero-order valence-electron chi connectivity index (χ0n) is 9.83. The lowest BCUT2D eigenvalue weighted by Gasteiger charge is -2.12. The molecule has 1 rings (SSSR count). The smallest absolute Gasteiger partial charge is 0.509 e. The second-order valence-electron chi connectivity index (χ2n) is 3.35. The van der Waals surface area contributed by atoms with Gasteiger partial charge >= 0.3 is 7.32 Å². The molecule has 0 fully saturated rings. The monoisotopic (exact) mass is 240 g/mol. The van der Waals surface area contributed by atoms with Crippen LogP contribution in [0.5, 0.6) is 11.5 Å². The fourth-order valence-electron chi connectivity index (χ4n) is 1.24. The van der Waals surface area contributed by atoms with Crippen molar-refractivity contribution in [2.75, 3.05) is 19.8 Å². The highest BCUT2D eigenvalue weighted by Gasteiger charge is 2.14. The molecule has 2 N–H and O–H groups in total. The predicted octanol–water partition coefficient (Wildman–Crippen LogP) is 0.840. The summed E-state index contributed by atoms with van der Waals surface area (Å²) >= 11 is 0. The Morgan fingerprint density at radius 2 is 1.76 bits per heavy atom. The molecular weight excluding hydrogens is 223 g/mol. The maximum absolute atomic E-state index is 8.72. The molecule has 0 aliphatic heterocycles. The Morgan fingerprint density at radius 3 is 2.41 bits per heavy atom. The van der Waals surface area contributed by atoms with Crippen LogP contribution in [0.15, 0.2) is 24.3 Å². The number of rotatable bonds is 8. The Labute approximate surface area is 101 Å². The molecule has 0 spiro atoms. The van der Waals surface area contributed by atoms with Crippen LogP contribution in [0.3, 0.4) is 0 Å². The number of ether oxygens (including phenoxy) is 2. The fourth-order valence-corrected chi connectivity index (χ4v) is 1.24. The average Bonchev–Trinajstić information content (AvgIpc) is 2.30. The number of hydrogen-bond donors (Lipinski definition) is 2. The van der Waals surface area contributed by atoms with Crippen LogP contribution in [-0.4, -0.2) is 37.2 Å². The molecule has 0 unspecified atom stereocenters. The van der Waals surface area contributed by atoms with Gasteiger partial charge in [0, 0.05) is 6.61 Å². The Morgan fingerprint density at radius 1 is 1.06 bits per heavy atom. The fraction of sp³-hybridized carbons (Fsp3) is 0.455. The lowest BCUT2D eigenvalue weighted by atomic mass is 10.2. The Bertz CT molecular complexity index is 318. The van der Waals surface area contributed by atoms with E-state index >= 15 is 0 Å². The van der Waals surface area contributed by atoms with Gasteiger partial charge in [-0.1, -0.05) is 19.1 Å². The molecule has 0 atom stereocenters. The second kappa shape index (κ2) is 7.94. The molecule has 0 saturated carbocycles. The zero-order chi connectivity index (χ0) is 12.5. The summed E-state index contributed by atoms with van der Waals surface area (Å²) < 4.78 is 15.4. The largest absolute Gasteiger partial charge is 0.707 e. The third-order valence-electron chi connectivity index (χ3n) is 1.92. The Kier molecular flexibility index (Phi) is 6.46. The summed E-state index contributed by atoms with van der Waals surface area (Å²) in [5.41, 5.74) is 0. The van der Waals surface area contributed by atoms with Gasteiger partial charge < -0.3 is 24.2 Å². The van der Waals surface area contributed by atoms with Crippen LogP contribution in [0.4, 0.5) is 0 Å². The minimum Gasteiger partial charge on any atom is -0.509 e. The molecule has 0 heterocycles. The van der Waals surface area contributed by atoms with E-state index in [1.54, 1.807) is 24.3 Å². The molecule has 0 saturated heterocycles. The van der Waals surface area contributed by atoms with Crippen LogP contribution in [-0.2, 0) is 4.74 Å². The van der Waals surface area contributed by atoms with Crippen LogP contribution >= 0.6 is 0 Å². The third-order valence-corrected chi connectivity index (χ3v) is 1.92. The van der Waals surface area contributed by atoms with Gasteiger partial charge in [0.2, 0.25) is 0 Å². The maximum Gasteiger partial charge on any atom is 0.707 e. The van der Waals surface area contributed by atoms with Crippen molar-refractivity contribution >= 4 is 7.32 Å². The van der Waals surface area contributed by atoms with E-state index in [1.807, 2.05) is 6.92 Å². The predicted molar refractivity (Wildman–Crippen MR) is 63.9 cm³/mol. The molecule has 0 aliphatic rings. The van der Waals surface area contributed by atoms with Crippen molar-refractivity contribution in [3.63, 3.8) is 0 Å². The van der Waals surface area contributed by atoms with Crippen molar-refractivity contribution in [1.29, 1.82) is 0 Å². The van der Waals surface area contributed by atoms with Crippen LogP contribution in [0.25, 0.3) is 0 Å². The van der Waals surface area contributed by atoms with Gasteiger partial charge in [0.1, 0.15) is 12.4 Å². The van der Waals surface area contributed by atoms with E-state index in [2.05, 4.69) is 0 Å². The summed E-state index contributed by atoms with van der Waals surface area (Å²) in [6.07, 6.45) is 0.969. The Hall–Kier alpha value is -1.24. The first-order chi connectivity index (χ1) is 8.24. The van der Waals surface area contributed by atoms with Crippen molar-refractivity contribution in [1.82, 2.24) is 0 Å². The van der Waals surface area contributed by atoms with Crippen molar-refractivity contribution in [2.45, 2.75) is 13.3 Å². The highest BCUT2D eigenvalue weighted by molar-refractivity contribution is 6.33. The summed E-state index contributed by atoms with van der Waals surface area (Å²) in [6.45, 7) is 3.62. The second-order valence-corrected chi connectivity index (χ2v) is 3.35. The van der Waals surface area contributed by atoms with Gasteiger partial charge in [0.25, 0.3) is 0 Å². The van der Waals surface area contributed by atoms with Gasteiger partial charge in [-0.15, -0.1) is 0 Å². The molecule has 6 heteroatoms. The highest BCUT2D eigenvalue weighted by atomic mass is 16.6.